The molecule has 4 aromatic rings. The highest BCUT2D eigenvalue weighted by Crippen LogP contribution is 2.43. The Morgan fingerprint density at radius 2 is 1.75 bits per heavy atom. The number of amides is 1. The van der Waals surface area contributed by atoms with Crippen LogP contribution in [0, 0.1) is 5.41 Å². The summed E-state index contributed by atoms with van der Waals surface area (Å²) in [5.41, 5.74) is 5.79. The van der Waals surface area contributed by atoms with Crippen molar-refractivity contribution in [3.05, 3.63) is 82.0 Å². The third-order valence-electron chi connectivity index (χ3n) is 8.62. The van der Waals surface area contributed by atoms with E-state index in [9.17, 15) is 9.59 Å². The molecular weight excluding hydrogens is 599 g/mol. The zero-order valence-corrected chi connectivity index (χ0v) is 26.3. The van der Waals surface area contributed by atoms with Gasteiger partial charge in [-0.05, 0) is 30.7 Å². The van der Waals surface area contributed by atoms with Crippen molar-refractivity contribution < 1.29 is 19.1 Å². The van der Waals surface area contributed by atoms with Gasteiger partial charge in [0.1, 0.15) is 5.75 Å². The molecule has 0 saturated carbocycles. The maximum absolute atomic E-state index is 11.8. The van der Waals surface area contributed by atoms with Crippen LogP contribution in [-0.4, -0.2) is 72.4 Å². The predicted molar refractivity (Wildman–Crippen MR) is 171 cm³/mol. The van der Waals surface area contributed by atoms with Crippen LogP contribution < -0.4 is 9.47 Å². The molecule has 10 heteroatoms. The summed E-state index contributed by atoms with van der Waals surface area (Å²) in [6.07, 6.45) is 3.48. The van der Waals surface area contributed by atoms with Crippen LogP contribution in [0.2, 0.25) is 10.0 Å². The van der Waals surface area contributed by atoms with E-state index in [1.807, 2.05) is 41.3 Å². The average molecular weight is 632 g/mol. The minimum absolute atomic E-state index is 0.155. The van der Waals surface area contributed by atoms with Gasteiger partial charge in [-0.2, -0.15) is 0 Å². The Bertz CT molecular complexity index is 1760. The Hall–Kier alpha value is -3.98. The van der Waals surface area contributed by atoms with Crippen LogP contribution >= 0.6 is 23.2 Å². The fraction of sp³-hybridized carbons (Fsp3) is 0.294. The third-order valence-corrected chi connectivity index (χ3v) is 9.41. The third kappa shape index (κ3) is 5.54. The second-order valence-corrected chi connectivity index (χ2v) is 12.2. The van der Waals surface area contributed by atoms with Crippen LogP contribution in [0.15, 0.2) is 60.8 Å². The van der Waals surface area contributed by atoms with Gasteiger partial charge in [-0.3, -0.25) is 19.5 Å². The molecule has 2 fully saturated rings. The van der Waals surface area contributed by atoms with Gasteiger partial charge in [-0.15, -0.1) is 0 Å². The molecule has 4 heterocycles. The zero-order valence-electron chi connectivity index (χ0n) is 24.8. The number of hydrogen-bond acceptors (Lipinski definition) is 7. The minimum atomic E-state index is 0.155. The lowest BCUT2D eigenvalue weighted by molar-refractivity contribution is -0.128. The molecule has 2 saturated heterocycles. The molecule has 44 heavy (non-hydrogen) atoms. The number of aromatic nitrogens is 2. The number of carbonyl (C=O) groups is 2. The van der Waals surface area contributed by atoms with E-state index in [1.54, 1.807) is 38.4 Å². The molecule has 0 unspecified atom stereocenters. The van der Waals surface area contributed by atoms with Crippen molar-refractivity contribution in [2.45, 2.75) is 19.9 Å². The van der Waals surface area contributed by atoms with Crippen LogP contribution in [0.4, 0.5) is 0 Å². The summed E-state index contributed by atoms with van der Waals surface area (Å²) < 4.78 is 11.1. The first-order valence-corrected chi connectivity index (χ1v) is 15.1. The van der Waals surface area contributed by atoms with E-state index in [0.29, 0.717) is 49.8 Å². The summed E-state index contributed by atoms with van der Waals surface area (Å²) in [7, 11) is 3.14. The minimum Gasteiger partial charge on any atom is -0.496 e. The number of methoxy groups -OCH3 is 2. The number of carbonyl (C=O) groups excluding carboxylic acids is 2. The molecule has 226 valence electrons. The summed E-state index contributed by atoms with van der Waals surface area (Å²) in [4.78, 5) is 36.8. The monoisotopic (exact) mass is 630 g/mol. The van der Waals surface area contributed by atoms with E-state index in [4.69, 9.17) is 37.7 Å². The quantitative estimate of drug-likeness (QED) is 0.201. The van der Waals surface area contributed by atoms with E-state index in [2.05, 4.69) is 9.88 Å². The maximum Gasteiger partial charge on any atom is 0.219 e. The molecule has 2 aromatic carbocycles. The molecule has 2 aliphatic rings. The van der Waals surface area contributed by atoms with Crippen molar-refractivity contribution >= 4 is 35.4 Å². The van der Waals surface area contributed by atoms with Crippen molar-refractivity contribution in [2.75, 3.05) is 40.4 Å². The van der Waals surface area contributed by atoms with Crippen molar-refractivity contribution in [3.8, 4) is 45.3 Å². The van der Waals surface area contributed by atoms with Crippen LogP contribution in [0.25, 0.3) is 33.6 Å². The lowest BCUT2D eigenvalue weighted by Crippen LogP contribution is -2.57. The van der Waals surface area contributed by atoms with E-state index in [-0.39, 0.29) is 11.3 Å². The number of pyridine rings is 2. The maximum atomic E-state index is 11.8. The van der Waals surface area contributed by atoms with Crippen LogP contribution in [0.3, 0.4) is 0 Å². The fourth-order valence-corrected chi connectivity index (χ4v) is 7.03. The van der Waals surface area contributed by atoms with Gasteiger partial charge in [0, 0.05) is 79.1 Å². The van der Waals surface area contributed by atoms with Crippen molar-refractivity contribution in [1.29, 1.82) is 0 Å². The lowest BCUT2D eigenvalue weighted by atomic mass is 9.79. The van der Waals surface area contributed by atoms with Crippen LogP contribution in [0.5, 0.6) is 11.6 Å². The highest BCUT2D eigenvalue weighted by atomic mass is 35.5. The Labute approximate surface area is 266 Å². The summed E-state index contributed by atoms with van der Waals surface area (Å²) in [6.45, 7) is 5.96. The second kappa shape index (κ2) is 12.2. The molecule has 0 aliphatic carbocycles. The Kier molecular flexibility index (Phi) is 8.33. The van der Waals surface area contributed by atoms with Gasteiger partial charge in [0.25, 0.3) is 0 Å². The SMILES string of the molecule is COc1cc(-c2nccc(-c3cccc(-c4ccc(CN5CC6(CCN(C(C)=O)C6)C5)c(OC)n4)c3Cl)c2Cl)ccc1C=O. The lowest BCUT2D eigenvalue weighted by Gasteiger charge is -2.48. The Balaban J connectivity index is 1.26. The van der Waals surface area contributed by atoms with Gasteiger partial charge >= 0.3 is 0 Å². The molecule has 0 atom stereocenters. The molecule has 6 rings (SSSR count). The zero-order chi connectivity index (χ0) is 31.0. The normalized spacial score (nSPS) is 15.7. The highest BCUT2D eigenvalue weighted by Gasteiger charge is 2.48. The van der Waals surface area contributed by atoms with E-state index >= 15 is 0 Å². The van der Waals surface area contributed by atoms with Crippen molar-refractivity contribution in [1.82, 2.24) is 19.8 Å². The number of hydrogen-bond donors (Lipinski definition) is 0. The molecule has 0 bridgehead atoms. The van der Waals surface area contributed by atoms with Crippen molar-refractivity contribution in [2.24, 2.45) is 5.41 Å². The van der Waals surface area contributed by atoms with Gasteiger partial charge in [-0.1, -0.05) is 53.5 Å². The van der Waals surface area contributed by atoms with Gasteiger partial charge in [0.15, 0.2) is 6.29 Å². The van der Waals surface area contributed by atoms with Gasteiger partial charge in [-0.25, -0.2) is 4.98 Å². The standard InChI is InChI=1S/C34H32Cl2N4O4/c1-21(42)40-14-12-34(20-40)18-39(19-34)16-23-9-10-28(38-33(23)44-3)27-6-4-5-25(30(27)35)26-11-13-37-32(31(26)36)22-7-8-24(17-41)29(15-22)43-2/h4-11,13,15,17H,12,14,16,18-20H2,1-3H3. The van der Waals surface area contributed by atoms with E-state index in [1.165, 1.54) is 7.11 Å². The second-order valence-electron chi connectivity index (χ2n) is 11.5. The molecule has 8 nitrogen and oxygen atoms in total. The smallest absolute Gasteiger partial charge is 0.219 e. The first-order valence-electron chi connectivity index (χ1n) is 14.3. The number of benzene rings is 2. The number of halogens is 2. The Morgan fingerprint density at radius 3 is 2.45 bits per heavy atom. The summed E-state index contributed by atoms with van der Waals surface area (Å²) in [6, 6.07) is 16.8. The summed E-state index contributed by atoms with van der Waals surface area (Å²) >= 11 is 14.0. The summed E-state index contributed by atoms with van der Waals surface area (Å²) in [5.74, 6) is 1.15. The molecule has 2 aromatic heterocycles. The van der Waals surface area contributed by atoms with E-state index < -0.39 is 0 Å². The topological polar surface area (TPSA) is 84.9 Å². The highest BCUT2D eigenvalue weighted by molar-refractivity contribution is 6.39. The first kappa shape index (κ1) is 30.1. The number of ether oxygens (including phenoxy) is 2. The molecule has 0 radical (unpaired) electrons. The van der Waals surface area contributed by atoms with Gasteiger partial charge in [0.2, 0.25) is 11.8 Å². The fourth-order valence-electron chi connectivity index (χ4n) is 6.38. The van der Waals surface area contributed by atoms with E-state index in [0.717, 1.165) is 62.1 Å². The molecular formula is C34H32Cl2N4O4. The van der Waals surface area contributed by atoms with Crippen molar-refractivity contribution in [3.63, 3.8) is 0 Å². The number of rotatable bonds is 8. The van der Waals surface area contributed by atoms with Crippen LogP contribution in [0.1, 0.15) is 29.3 Å². The number of aldehydes is 1. The van der Waals surface area contributed by atoms with Crippen LogP contribution in [-0.2, 0) is 11.3 Å². The Morgan fingerprint density at radius 1 is 0.977 bits per heavy atom. The number of likely N-dealkylation sites (tertiary alicyclic amines) is 2. The van der Waals surface area contributed by atoms with Gasteiger partial charge in [0.05, 0.1) is 41.2 Å². The predicted octanol–water partition coefficient (Wildman–Crippen LogP) is 6.67. The molecule has 1 spiro atoms. The first-order chi connectivity index (χ1) is 21.3. The average Bonchev–Trinajstić information content (AvgIpc) is 3.47. The largest absolute Gasteiger partial charge is 0.496 e. The summed E-state index contributed by atoms with van der Waals surface area (Å²) in [5, 5.41) is 0.929. The molecule has 0 N–H and O–H groups in total. The molecule has 1 amide bonds. The molecule has 2 aliphatic heterocycles. The van der Waals surface area contributed by atoms with Gasteiger partial charge < -0.3 is 14.4 Å². The number of nitrogens with zero attached hydrogens (tertiary/aromatic N) is 4.